The zero-order valence-corrected chi connectivity index (χ0v) is 20.2. The van der Waals surface area contributed by atoms with E-state index in [1.807, 2.05) is 12.1 Å². The molecule has 13 heteroatoms. The molecule has 1 aliphatic heterocycles. The molecule has 1 saturated heterocycles. The Labute approximate surface area is 207 Å². The molecular formula is C22H20FN7O3S2. The van der Waals surface area contributed by atoms with Crippen LogP contribution in [-0.4, -0.2) is 74.5 Å². The summed E-state index contributed by atoms with van der Waals surface area (Å²) in [5, 5.41) is 3.37. The highest BCUT2D eigenvalue weighted by Crippen LogP contribution is 2.28. The van der Waals surface area contributed by atoms with Crippen molar-refractivity contribution in [3.63, 3.8) is 0 Å². The first-order valence-electron chi connectivity index (χ1n) is 10.8. The molecule has 180 valence electrons. The smallest absolute Gasteiger partial charge is 0.409 e. The molecule has 4 heterocycles. The summed E-state index contributed by atoms with van der Waals surface area (Å²) in [6.07, 6.45) is 2.22. The summed E-state index contributed by atoms with van der Waals surface area (Å²) in [7, 11) is 0. The summed E-state index contributed by atoms with van der Waals surface area (Å²) in [5.41, 5.74) is 3.35. The van der Waals surface area contributed by atoms with Crippen LogP contribution in [0.4, 0.5) is 20.3 Å². The minimum Gasteiger partial charge on any atom is -0.450 e. The number of nitrogens with zero attached hydrogens (tertiary/aromatic N) is 6. The molecule has 0 bridgehead atoms. The van der Waals surface area contributed by atoms with Crippen LogP contribution in [0.3, 0.4) is 0 Å². The predicted octanol–water partition coefficient (Wildman–Crippen LogP) is 4.01. The van der Waals surface area contributed by atoms with E-state index in [9.17, 15) is 14.0 Å². The fourth-order valence-electron chi connectivity index (χ4n) is 3.62. The van der Waals surface area contributed by atoms with Crippen molar-refractivity contribution in [3.05, 3.63) is 46.8 Å². The van der Waals surface area contributed by atoms with Gasteiger partial charge in [0.25, 0.3) is 5.91 Å². The summed E-state index contributed by atoms with van der Waals surface area (Å²) in [6, 6.07) is 5.42. The van der Waals surface area contributed by atoms with Crippen LogP contribution in [0, 0.1) is 5.82 Å². The van der Waals surface area contributed by atoms with Gasteiger partial charge in [0.2, 0.25) is 5.95 Å². The molecule has 35 heavy (non-hydrogen) atoms. The summed E-state index contributed by atoms with van der Waals surface area (Å²) in [4.78, 5) is 45.3. The number of rotatable bonds is 5. The molecule has 1 aliphatic rings. The average molecular weight is 514 g/mol. The van der Waals surface area contributed by atoms with Crippen LogP contribution in [0.25, 0.3) is 21.5 Å². The Kier molecular flexibility index (Phi) is 6.51. The molecule has 0 spiro atoms. The van der Waals surface area contributed by atoms with Gasteiger partial charge in [-0.25, -0.2) is 29.1 Å². The lowest BCUT2D eigenvalue weighted by atomic mass is 10.1. The lowest BCUT2D eigenvalue weighted by Gasteiger charge is -2.33. The van der Waals surface area contributed by atoms with E-state index in [4.69, 9.17) is 4.74 Å². The van der Waals surface area contributed by atoms with E-state index in [0.29, 0.717) is 48.4 Å². The van der Waals surface area contributed by atoms with Gasteiger partial charge in [-0.3, -0.25) is 4.79 Å². The van der Waals surface area contributed by atoms with Crippen molar-refractivity contribution in [1.29, 1.82) is 0 Å². The molecular weight excluding hydrogens is 493 g/mol. The highest BCUT2D eigenvalue weighted by Gasteiger charge is 2.26. The number of hydrogen-bond donors (Lipinski definition) is 1. The van der Waals surface area contributed by atoms with Gasteiger partial charge in [-0.05, 0) is 19.1 Å². The molecule has 0 radical (unpaired) electrons. The normalized spacial score (nSPS) is 13.8. The van der Waals surface area contributed by atoms with Crippen molar-refractivity contribution in [1.82, 2.24) is 29.7 Å². The summed E-state index contributed by atoms with van der Waals surface area (Å²) >= 11 is 2.62. The first kappa shape index (κ1) is 23.1. The number of thiazole rings is 2. The summed E-state index contributed by atoms with van der Waals surface area (Å²) < 4.78 is 20.4. The number of anilines is 2. The number of piperazine rings is 1. The fourth-order valence-corrected chi connectivity index (χ4v) is 5.12. The Morgan fingerprint density at radius 2 is 1.91 bits per heavy atom. The van der Waals surface area contributed by atoms with E-state index in [2.05, 4.69) is 25.3 Å². The molecule has 0 saturated carbocycles. The molecule has 1 N–H and O–H groups in total. The van der Waals surface area contributed by atoms with E-state index >= 15 is 0 Å². The number of nitrogens with one attached hydrogen (secondary N) is 1. The maximum atomic E-state index is 14.5. The minimum absolute atomic E-state index is 0.158. The predicted molar refractivity (Wildman–Crippen MR) is 130 cm³/mol. The topological polar surface area (TPSA) is 113 Å². The van der Waals surface area contributed by atoms with Crippen molar-refractivity contribution in [3.8, 4) is 11.3 Å². The maximum absolute atomic E-state index is 14.5. The van der Waals surface area contributed by atoms with Crippen LogP contribution in [0.15, 0.2) is 36.1 Å². The monoisotopic (exact) mass is 513 g/mol. The van der Waals surface area contributed by atoms with E-state index in [1.54, 1.807) is 28.3 Å². The number of ether oxygens (including phenoxy) is 1. The van der Waals surface area contributed by atoms with E-state index < -0.39 is 5.82 Å². The molecule has 0 unspecified atom stereocenters. The third-order valence-corrected chi connectivity index (χ3v) is 7.07. The van der Waals surface area contributed by atoms with Gasteiger partial charge in [-0.1, -0.05) is 17.4 Å². The molecule has 4 aromatic rings. The van der Waals surface area contributed by atoms with Gasteiger partial charge in [-0.15, -0.1) is 11.3 Å². The van der Waals surface area contributed by atoms with Crippen LogP contribution in [-0.2, 0) is 4.74 Å². The Morgan fingerprint density at radius 3 is 2.71 bits per heavy atom. The Morgan fingerprint density at radius 1 is 1.11 bits per heavy atom. The number of carbonyl (C=O) groups is 2. The highest BCUT2D eigenvalue weighted by atomic mass is 32.1. The zero-order chi connectivity index (χ0) is 24.4. The summed E-state index contributed by atoms with van der Waals surface area (Å²) in [6.45, 7) is 3.71. The van der Waals surface area contributed by atoms with Gasteiger partial charge < -0.3 is 19.9 Å². The Bertz CT molecular complexity index is 1380. The van der Waals surface area contributed by atoms with Gasteiger partial charge >= 0.3 is 6.09 Å². The highest BCUT2D eigenvalue weighted by molar-refractivity contribution is 7.17. The summed E-state index contributed by atoms with van der Waals surface area (Å²) in [5.74, 6) is -0.545. The number of hydrogen-bond acceptors (Lipinski definition) is 10. The quantitative estimate of drug-likeness (QED) is 0.426. The largest absolute Gasteiger partial charge is 0.450 e. The van der Waals surface area contributed by atoms with Crippen molar-refractivity contribution in [2.24, 2.45) is 0 Å². The zero-order valence-electron chi connectivity index (χ0n) is 18.6. The lowest BCUT2D eigenvalue weighted by molar-refractivity contribution is 0.0574. The molecule has 1 fully saturated rings. The van der Waals surface area contributed by atoms with Gasteiger partial charge in [0.15, 0.2) is 10.9 Å². The SMILES string of the molecule is CCOC(=O)N1CCN(C(=O)c2cnc(Nc3ncc(F)c(-c4ccc5ncsc5c4)n3)s2)CC1. The number of benzene rings is 1. The van der Waals surface area contributed by atoms with Crippen LogP contribution in [0.2, 0.25) is 0 Å². The lowest BCUT2D eigenvalue weighted by Crippen LogP contribution is -2.50. The van der Waals surface area contributed by atoms with Gasteiger partial charge in [0.05, 0.1) is 34.7 Å². The standard InChI is InChI=1S/C22H20FN7O3S2/c1-2-33-22(32)30-7-5-29(6-8-30)19(31)17-11-25-21(35-17)28-20-24-10-14(23)18(27-20)13-3-4-15-16(9-13)34-12-26-15/h3-4,9-12H,2,5-8H2,1H3,(H,24,25,27,28). The fraction of sp³-hybridized carbons (Fsp3) is 0.273. The second-order valence-corrected chi connectivity index (χ2v) is 9.47. The van der Waals surface area contributed by atoms with Crippen molar-refractivity contribution in [2.75, 3.05) is 38.1 Å². The van der Waals surface area contributed by atoms with E-state index in [-0.39, 0.29) is 23.6 Å². The second kappa shape index (κ2) is 9.88. The van der Waals surface area contributed by atoms with Gasteiger partial charge in [0, 0.05) is 31.7 Å². The first-order chi connectivity index (χ1) is 17.0. The van der Waals surface area contributed by atoms with Crippen LogP contribution in [0.5, 0.6) is 0 Å². The number of carbonyl (C=O) groups excluding carboxylic acids is 2. The molecule has 0 atom stereocenters. The van der Waals surface area contributed by atoms with Crippen LogP contribution >= 0.6 is 22.7 Å². The van der Waals surface area contributed by atoms with Gasteiger partial charge in [0.1, 0.15) is 10.6 Å². The maximum Gasteiger partial charge on any atom is 0.409 e. The van der Waals surface area contributed by atoms with Crippen molar-refractivity contribution < 1.29 is 18.7 Å². The minimum atomic E-state index is -0.545. The van der Waals surface area contributed by atoms with Crippen LogP contribution < -0.4 is 5.32 Å². The number of amides is 2. The third kappa shape index (κ3) is 4.91. The Balaban J connectivity index is 1.26. The number of halogens is 1. The molecule has 0 aliphatic carbocycles. The van der Waals surface area contributed by atoms with Crippen molar-refractivity contribution >= 4 is 56.0 Å². The molecule has 2 amide bonds. The Hall–Kier alpha value is -3.71. The van der Waals surface area contributed by atoms with E-state index in [1.165, 1.54) is 17.5 Å². The molecule has 5 rings (SSSR count). The van der Waals surface area contributed by atoms with Crippen molar-refractivity contribution in [2.45, 2.75) is 6.92 Å². The average Bonchev–Trinajstić information content (AvgIpc) is 3.54. The molecule has 10 nitrogen and oxygen atoms in total. The number of aromatic nitrogens is 4. The van der Waals surface area contributed by atoms with Gasteiger partial charge in [-0.2, -0.15) is 0 Å². The second-order valence-electron chi connectivity index (χ2n) is 7.56. The third-order valence-electron chi connectivity index (χ3n) is 5.38. The number of fused-ring (bicyclic) bond motifs is 1. The first-order valence-corrected chi connectivity index (χ1v) is 12.5. The van der Waals surface area contributed by atoms with Crippen LogP contribution in [0.1, 0.15) is 16.6 Å². The molecule has 3 aromatic heterocycles. The molecule has 1 aromatic carbocycles. The van der Waals surface area contributed by atoms with E-state index in [0.717, 1.165) is 27.8 Å².